The Balaban J connectivity index is 3.64. The van der Waals surface area contributed by atoms with E-state index in [-0.39, 0.29) is 0 Å². The molecule has 0 aliphatic rings. The van der Waals surface area contributed by atoms with Gasteiger partial charge in [-0.3, -0.25) is 0 Å². The average Bonchev–Trinajstić information content (AvgIpc) is 2.15. The van der Waals surface area contributed by atoms with E-state index in [9.17, 15) is 0 Å². The van der Waals surface area contributed by atoms with Gasteiger partial charge < -0.3 is 5.11 Å². The number of rotatable bonds is 6. The summed E-state index contributed by atoms with van der Waals surface area (Å²) in [6.07, 6.45) is 5.83. The summed E-state index contributed by atoms with van der Waals surface area (Å²) in [4.78, 5) is 0. The van der Waals surface area contributed by atoms with Crippen molar-refractivity contribution < 1.29 is 5.11 Å². The molecule has 0 aromatic rings. The molecule has 2 atom stereocenters. The molecule has 0 rings (SSSR count). The van der Waals surface area contributed by atoms with Gasteiger partial charge in [-0.1, -0.05) is 32.4 Å². The molecule has 0 aromatic heterocycles. The molecule has 0 amide bonds. The van der Waals surface area contributed by atoms with Gasteiger partial charge in [0.2, 0.25) is 0 Å². The van der Waals surface area contributed by atoms with E-state index in [0.29, 0.717) is 18.4 Å². The lowest BCUT2D eigenvalue weighted by Crippen LogP contribution is -2.11. The van der Waals surface area contributed by atoms with Crippen LogP contribution in [0.4, 0.5) is 0 Å². The molecule has 1 N–H and O–H groups in total. The highest BCUT2D eigenvalue weighted by Crippen LogP contribution is 2.17. The monoisotopic (exact) mass is 184 g/mol. The lowest BCUT2D eigenvalue weighted by Gasteiger charge is -2.16. The van der Waals surface area contributed by atoms with Crippen molar-refractivity contribution in [2.45, 2.75) is 47.0 Å². The summed E-state index contributed by atoms with van der Waals surface area (Å²) in [6, 6.07) is 0. The van der Waals surface area contributed by atoms with Crippen LogP contribution in [0.2, 0.25) is 0 Å². The zero-order valence-electron chi connectivity index (χ0n) is 9.51. The number of allylic oxidation sites excluding steroid dienone is 2. The summed E-state index contributed by atoms with van der Waals surface area (Å²) >= 11 is 0. The molecule has 0 aromatic carbocycles. The highest BCUT2D eigenvalue weighted by molar-refractivity contribution is 4.96. The fourth-order valence-electron chi connectivity index (χ4n) is 1.20. The van der Waals surface area contributed by atoms with Gasteiger partial charge >= 0.3 is 0 Å². The van der Waals surface area contributed by atoms with Gasteiger partial charge in [0.25, 0.3) is 0 Å². The SMILES string of the molecule is CCC(C)=CCCC(C)C(C)CO. The lowest BCUT2D eigenvalue weighted by molar-refractivity contribution is 0.191. The number of aliphatic hydroxyl groups excluding tert-OH is 1. The number of hydrogen-bond acceptors (Lipinski definition) is 1. The van der Waals surface area contributed by atoms with Crippen molar-refractivity contribution >= 4 is 0 Å². The van der Waals surface area contributed by atoms with Crippen LogP contribution in [0.5, 0.6) is 0 Å². The predicted octanol–water partition coefficient (Wildman–Crippen LogP) is 3.39. The molecule has 0 heterocycles. The maximum absolute atomic E-state index is 8.94. The quantitative estimate of drug-likeness (QED) is 0.627. The van der Waals surface area contributed by atoms with E-state index in [4.69, 9.17) is 5.11 Å². The first kappa shape index (κ1) is 12.7. The zero-order chi connectivity index (χ0) is 10.3. The minimum atomic E-state index is 0.317. The van der Waals surface area contributed by atoms with Crippen molar-refractivity contribution in [2.75, 3.05) is 6.61 Å². The summed E-state index contributed by atoms with van der Waals surface area (Å²) < 4.78 is 0. The zero-order valence-corrected chi connectivity index (χ0v) is 9.51. The molecule has 1 heteroatoms. The van der Waals surface area contributed by atoms with Gasteiger partial charge in [-0.15, -0.1) is 0 Å². The Kier molecular flexibility index (Phi) is 6.97. The van der Waals surface area contributed by atoms with E-state index in [1.165, 1.54) is 12.0 Å². The van der Waals surface area contributed by atoms with Gasteiger partial charge in [-0.05, 0) is 38.0 Å². The van der Waals surface area contributed by atoms with Crippen LogP contribution < -0.4 is 0 Å². The topological polar surface area (TPSA) is 20.2 Å². The van der Waals surface area contributed by atoms with Crippen LogP contribution in [0.15, 0.2) is 11.6 Å². The van der Waals surface area contributed by atoms with Gasteiger partial charge in [0, 0.05) is 6.61 Å². The van der Waals surface area contributed by atoms with Crippen LogP contribution >= 0.6 is 0 Å². The third-order valence-corrected chi connectivity index (χ3v) is 2.93. The molecular weight excluding hydrogens is 160 g/mol. The standard InChI is InChI=1S/C12H24O/c1-5-10(2)7-6-8-11(3)12(4)9-13/h7,11-13H,5-6,8-9H2,1-4H3. The van der Waals surface area contributed by atoms with E-state index >= 15 is 0 Å². The summed E-state index contributed by atoms with van der Waals surface area (Å²) in [5.41, 5.74) is 1.48. The first-order valence-corrected chi connectivity index (χ1v) is 5.38. The average molecular weight is 184 g/mol. The summed E-state index contributed by atoms with van der Waals surface area (Å²) in [5, 5.41) is 8.94. The molecular formula is C12H24O. The van der Waals surface area contributed by atoms with E-state index in [1.54, 1.807) is 0 Å². The Hall–Kier alpha value is -0.300. The van der Waals surface area contributed by atoms with Crippen LogP contribution in [0, 0.1) is 11.8 Å². The first-order chi connectivity index (χ1) is 6.11. The minimum Gasteiger partial charge on any atom is -0.396 e. The third kappa shape index (κ3) is 5.87. The summed E-state index contributed by atoms with van der Waals surface area (Å²) in [5.74, 6) is 1.07. The van der Waals surface area contributed by atoms with Crippen LogP contribution in [0.3, 0.4) is 0 Å². The number of hydrogen-bond donors (Lipinski definition) is 1. The Labute approximate surface area is 82.9 Å². The molecule has 13 heavy (non-hydrogen) atoms. The van der Waals surface area contributed by atoms with E-state index in [0.717, 1.165) is 12.8 Å². The molecule has 0 saturated heterocycles. The third-order valence-electron chi connectivity index (χ3n) is 2.93. The highest BCUT2D eigenvalue weighted by Gasteiger charge is 2.09. The molecule has 0 radical (unpaired) electrons. The fourth-order valence-corrected chi connectivity index (χ4v) is 1.20. The molecule has 2 unspecified atom stereocenters. The Morgan fingerprint density at radius 3 is 2.38 bits per heavy atom. The first-order valence-electron chi connectivity index (χ1n) is 5.38. The second-order valence-corrected chi connectivity index (χ2v) is 4.12. The van der Waals surface area contributed by atoms with Crippen molar-refractivity contribution in [3.05, 3.63) is 11.6 Å². The van der Waals surface area contributed by atoms with Crippen molar-refractivity contribution in [3.63, 3.8) is 0 Å². The Bertz CT molecular complexity index is 149. The van der Waals surface area contributed by atoms with Crippen molar-refractivity contribution in [1.82, 2.24) is 0 Å². The van der Waals surface area contributed by atoms with E-state index < -0.39 is 0 Å². The van der Waals surface area contributed by atoms with Gasteiger partial charge in [-0.2, -0.15) is 0 Å². The maximum Gasteiger partial charge on any atom is 0.0459 e. The summed E-state index contributed by atoms with van der Waals surface area (Å²) in [7, 11) is 0. The highest BCUT2D eigenvalue weighted by atomic mass is 16.3. The molecule has 1 nitrogen and oxygen atoms in total. The maximum atomic E-state index is 8.94. The van der Waals surface area contributed by atoms with Crippen molar-refractivity contribution in [1.29, 1.82) is 0 Å². The van der Waals surface area contributed by atoms with Gasteiger partial charge in [-0.25, -0.2) is 0 Å². The predicted molar refractivity (Wildman–Crippen MR) is 58.7 cm³/mol. The Morgan fingerprint density at radius 1 is 1.31 bits per heavy atom. The Morgan fingerprint density at radius 2 is 1.92 bits per heavy atom. The molecule has 0 aliphatic heterocycles. The summed E-state index contributed by atoms with van der Waals surface area (Å²) in [6.45, 7) is 9.01. The van der Waals surface area contributed by atoms with E-state index in [1.807, 2.05) is 0 Å². The van der Waals surface area contributed by atoms with Crippen LogP contribution in [0.25, 0.3) is 0 Å². The minimum absolute atomic E-state index is 0.317. The van der Waals surface area contributed by atoms with Crippen molar-refractivity contribution in [3.8, 4) is 0 Å². The van der Waals surface area contributed by atoms with Gasteiger partial charge in [0.05, 0.1) is 0 Å². The van der Waals surface area contributed by atoms with Gasteiger partial charge in [0.15, 0.2) is 0 Å². The van der Waals surface area contributed by atoms with E-state index in [2.05, 4.69) is 33.8 Å². The molecule has 0 fully saturated rings. The van der Waals surface area contributed by atoms with Crippen molar-refractivity contribution in [2.24, 2.45) is 11.8 Å². The molecule has 0 spiro atoms. The fraction of sp³-hybridized carbons (Fsp3) is 0.833. The number of aliphatic hydroxyl groups is 1. The smallest absolute Gasteiger partial charge is 0.0459 e. The van der Waals surface area contributed by atoms with Crippen LogP contribution in [-0.4, -0.2) is 11.7 Å². The molecule has 0 aliphatic carbocycles. The second kappa shape index (κ2) is 7.14. The lowest BCUT2D eigenvalue weighted by atomic mass is 9.92. The van der Waals surface area contributed by atoms with Gasteiger partial charge in [0.1, 0.15) is 0 Å². The molecule has 0 bridgehead atoms. The second-order valence-electron chi connectivity index (χ2n) is 4.12. The largest absolute Gasteiger partial charge is 0.396 e. The normalized spacial score (nSPS) is 17.2. The molecule has 0 saturated carbocycles. The molecule has 78 valence electrons. The van der Waals surface area contributed by atoms with Crippen LogP contribution in [0.1, 0.15) is 47.0 Å². The van der Waals surface area contributed by atoms with Crippen LogP contribution in [-0.2, 0) is 0 Å².